The van der Waals surface area contributed by atoms with Crippen LogP contribution < -0.4 is 0 Å². The molecule has 0 aliphatic carbocycles. The molecule has 0 amide bonds. The molecule has 0 saturated heterocycles. The summed E-state index contributed by atoms with van der Waals surface area (Å²) in [6.45, 7) is 3.75. The molecule has 1 N–H and O–H groups in total. The van der Waals surface area contributed by atoms with Crippen molar-refractivity contribution in [3.05, 3.63) is 129 Å². The molecular formula is C31H30N4O5S2Zn. The molecule has 4 rings (SSSR count). The van der Waals surface area contributed by atoms with Crippen LogP contribution in [0.5, 0.6) is 0 Å². The second kappa shape index (κ2) is 15.2. The van der Waals surface area contributed by atoms with Gasteiger partial charge in [0, 0.05) is 12.4 Å². The van der Waals surface area contributed by atoms with Gasteiger partial charge in [-0.15, -0.1) is 11.4 Å². The Labute approximate surface area is 265 Å². The van der Waals surface area contributed by atoms with E-state index in [9.17, 15) is 21.9 Å². The maximum atomic E-state index is 12.8. The van der Waals surface area contributed by atoms with Gasteiger partial charge in [-0.3, -0.25) is 9.98 Å². The monoisotopic (exact) mass is 666 g/mol. The van der Waals surface area contributed by atoms with Crippen LogP contribution in [0, 0.1) is 13.8 Å². The molecule has 0 saturated carbocycles. The zero-order chi connectivity index (χ0) is 30.2. The first-order chi connectivity index (χ1) is 20.0. The number of aryl methyl sites for hydroxylation is 2. The van der Waals surface area contributed by atoms with Crippen LogP contribution in [-0.2, 0) is 39.5 Å². The number of nitrogens with zero attached hydrogens (tertiary/aromatic N) is 4. The van der Waals surface area contributed by atoms with Crippen molar-refractivity contribution in [1.82, 2.24) is 0 Å². The van der Waals surface area contributed by atoms with Crippen LogP contribution >= 0.6 is 0 Å². The van der Waals surface area contributed by atoms with Crippen LogP contribution in [0.1, 0.15) is 22.3 Å². The summed E-state index contributed by atoms with van der Waals surface area (Å²) >= 11 is 0. The molecule has 0 bridgehead atoms. The van der Waals surface area contributed by atoms with Crippen molar-refractivity contribution < 1.29 is 41.4 Å². The third-order valence-electron chi connectivity index (χ3n) is 6.04. The number of benzene rings is 4. The van der Waals surface area contributed by atoms with Crippen LogP contribution in [0.15, 0.2) is 117 Å². The van der Waals surface area contributed by atoms with E-state index in [1.807, 2.05) is 13.8 Å². The molecule has 43 heavy (non-hydrogen) atoms. The molecule has 9 nitrogen and oxygen atoms in total. The van der Waals surface area contributed by atoms with Gasteiger partial charge in [0.2, 0.25) is 0 Å². The van der Waals surface area contributed by atoms with Crippen molar-refractivity contribution in [2.45, 2.75) is 29.7 Å². The van der Waals surface area contributed by atoms with Gasteiger partial charge in [0.05, 0.1) is 29.0 Å². The number of hydrogen-bond donors (Lipinski definition) is 1. The van der Waals surface area contributed by atoms with E-state index >= 15 is 0 Å². The maximum Gasteiger partial charge on any atom is 2.00 e. The van der Waals surface area contributed by atoms with E-state index in [2.05, 4.69) is 19.4 Å². The second-order valence-corrected chi connectivity index (χ2v) is 12.7. The van der Waals surface area contributed by atoms with Gasteiger partial charge in [0.25, 0.3) is 0 Å². The summed E-state index contributed by atoms with van der Waals surface area (Å²) in [7, 11) is -7.83. The fourth-order valence-electron chi connectivity index (χ4n) is 3.75. The summed E-state index contributed by atoms with van der Waals surface area (Å²) in [5.74, 6) is 0. The molecule has 0 heterocycles. The third-order valence-corrected chi connectivity index (χ3v) is 8.65. The third kappa shape index (κ3) is 9.66. The number of aliphatic imine (C=N–C) groups is 2. The van der Waals surface area contributed by atoms with Gasteiger partial charge >= 0.3 is 19.5 Å². The normalized spacial score (nSPS) is 12.6. The van der Waals surface area contributed by atoms with Crippen molar-refractivity contribution in [3.8, 4) is 0 Å². The fourth-order valence-corrected chi connectivity index (χ4v) is 5.77. The Morgan fingerprint density at radius 2 is 0.977 bits per heavy atom. The summed E-state index contributed by atoms with van der Waals surface area (Å²) in [6, 6.07) is 26.2. The Morgan fingerprint density at radius 3 is 1.35 bits per heavy atom. The fraction of sp³-hybridized carbons (Fsp3) is 0.161. The van der Waals surface area contributed by atoms with E-state index in [1.54, 1.807) is 72.8 Å². The minimum absolute atomic E-state index is 0. The first-order valence-electron chi connectivity index (χ1n) is 13.0. The quantitative estimate of drug-likeness (QED) is 0.146. The first-order valence-corrected chi connectivity index (χ1v) is 15.9. The molecule has 4 aromatic rings. The zero-order valence-electron chi connectivity index (χ0n) is 23.8. The molecule has 0 atom stereocenters. The Morgan fingerprint density at radius 1 is 0.628 bits per heavy atom. The second-order valence-electron chi connectivity index (χ2n) is 9.52. The van der Waals surface area contributed by atoms with Gasteiger partial charge in [-0.2, -0.15) is 0 Å². The van der Waals surface area contributed by atoms with Crippen LogP contribution in [0.2, 0.25) is 0 Å². The Balaban J connectivity index is 0.00000506. The van der Waals surface area contributed by atoms with Gasteiger partial charge in [-0.05, 0) is 49.2 Å². The van der Waals surface area contributed by atoms with Crippen LogP contribution in [0.4, 0.5) is 11.4 Å². The number of aliphatic hydroxyl groups is 1. The first kappa shape index (κ1) is 33.8. The molecule has 12 heteroatoms. The molecule has 218 valence electrons. The van der Waals surface area contributed by atoms with E-state index in [0.717, 1.165) is 11.1 Å². The van der Waals surface area contributed by atoms with E-state index in [-0.39, 0.29) is 53.7 Å². The Kier molecular flexibility index (Phi) is 11.9. The summed E-state index contributed by atoms with van der Waals surface area (Å²) in [4.78, 5) is 8.68. The van der Waals surface area contributed by atoms with E-state index in [4.69, 9.17) is 0 Å². The summed E-state index contributed by atoms with van der Waals surface area (Å²) in [5, 5.41) is 10.4. The van der Waals surface area contributed by atoms with Crippen LogP contribution in [0.25, 0.3) is 9.44 Å². The Bertz CT molecular complexity index is 1660. The van der Waals surface area contributed by atoms with Crippen LogP contribution in [-0.4, -0.2) is 53.6 Å². The molecule has 0 spiro atoms. The minimum Gasteiger partial charge on any atom is -0.572 e. The number of rotatable bonds is 12. The molecule has 4 aromatic carbocycles. The molecule has 0 radical (unpaired) electrons. The van der Waals surface area contributed by atoms with E-state index in [0.29, 0.717) is 11.1 Å². The van der Waals surface area contributed by atoms with Crippen molar-refractivity contribution >= 4 is 43.9 Å². The van der Waals surface area contributed by atoms with E-state index < -0.39 is 26.2 Å². The number of aliphatic hydroxyl groups excluding tert-OH is 1. The average Bonchev–Trinajstić information content (AvgIpc) is 2.95. The maximum absolute atomic E-state index is 12.8. The summed E-state index contributed by atoms with van der Waals surface area (Å²) in [5.41, 5.74) is 3.30. The standard InChI is InChI=1S/C31H30N4O5S2.Zn/c1-23-11-15-28(16-12-23)41(37,38)34-30-9-5-3-7-25(30)19-32-21-27(36)22-33-20-26-8-4-6-10-31(26)35-42(39,40)29-17-13-24(2)14-18-29;/h3-20,27,36H,21-22H2,1-2H3;/q-2;+2. The van der Waals surface area contributed by atoms with Crippen molar-refractivity contribution in [1.29, 1.82) is 0 Å². The summed E-state index contributed by atoms with van der Waals surface area (Å²) in [6.07, 6.45) is 1.99. The predicted molar refractivity (Wildman–Crippen MR) is 167 cm³/mol. The van der Waals surface area contributed by atoms with Gasteiger partial charge in [-0.1, -0.05) is 83.9 Å². The predicted octanol–water partition coefficient (Wildman–Crippen LogP) is 5.99. The van der Waals surface area contributed by atoms with Gasteiger partial charge < -0.3 is 14.6 Å². The summed E-state index contributed by atoms with van der Waals surface area (Å²) < 4.78 is 59.0. The number of sulfonamides is 2. The van der Waals surface area contributed by atoms with Gasteiger partial charge in [-0.25, -0.2) is 16.8 Å². The van der Waals surface area contributed by atoms with Gasteiger partial charge in [0.1, 0.15) is 20.0 Å². The molecule has 0 aliphatic rings. The number of hydrogen-bond acceptors (Lipinski definition) is 7. The molecule has 0 fully saturated rings. The molecule has 0 unspecified atom stereocenters. The van der Waals surface area contributed by atoms with Crippen molar-refractivity contribution in [3.63, 3.8) is 0 Å². The minimum atomic E-state index is -3.92. The van der Waals surface area contributed by atoms with Crippen molar-refractivity contribution in [2.75, 3.05) is 13.1 Å². The molecule has 0 aromatic heterocycles. The molecule has 0 aliphatic heterocycles. The van der Waals surface area contributed by atoms with Gasteiger partial charge in [0.15, 0.2) is 0 Å². The van der Waals surface area contributed by atoms with Crippen LogP contribution in [0.3, 0.4) is 0 Å². The largest absolute Gasteiger partial charge is 2.00 e. The SMILES string of the molecule is Cc1ccc(S(=O)(=O)[N-]c2ccccc2C=NCC(O)CN=Cc2ccccc2[N-]S(=O)(=O)c2ccc(C)cc2)cc1.[Zn+2]. The smallest absolute Gasteiger partial charge is 0.572 e. The molecular weight excluding hydrogens is 638 g/mol. The Hall–Kier alpha value is -3.70. The van der Waals surface area contributed by atoms with E-state index in [1.165, 1.54) is 36.7 Å². The topological polar surface area (TPSA) is 141 Å². The van der Waals surface area contributed by atoms with Crippen molar-refractivity contribution in [2.24, 2.45) is 9.98 Å². The average molecular weight is 668 g/mol. The zero-order valence-corrected chi connectivity index (χ0v) is 28.4.